The van der Waals surface area contributed by atoms with Crippen LogP contribution >= 0.6 is 11.3 Å². The molecule has 1 fully saturated rings. The highest BCUT2D eigenvalue weighted by molar-refractivity contribution is 7.10. The second-order valence-electron chi connectivity index (χ2n) is 5.13. The van der Waals surface area contributed by atoms with Crippen LogP contribution in [0.25, 0.3) is 0 Å². The minimum Gasteiger partial charge on any atom is -0.348 e. The van der Waals surface area contributed by atoms with E-state index in [1.54, 1.807) is 11.3 Å². The Balaban J connectivity index is 2.02. The largest absolute Gasteiger partial charge is 0.348 e. The molecule has 1 aliphatic rings. The van der Waals surface area contributed by atoms with E-state index in [0.29, 0.717) is 0 Å². The molecule has 4 heteroatoms. The molecule has 0 bridgehead atoms. The zero-order valence-electron chi connectivity index (χ0n) is 10.4. The van der Waals surface area contributed by atoms with Gasteiger partial charge in [-0.1, -0.05) is 12.5 Å². The summed E-state index contributed by atoms with van der Waals surface area (Å²) in [4.78, 5) is 13.5. The Morgan fingerprint density at radius 2 is 2.47 bits per heavy atom. The molecule has 3 N–H and O–H groups in total. The van der Waals surface area contributed by atoms with Gasteiger partial charge in [0.25, 0.3) is 0 Å². The van der Waals surface area contributed by atoms with Gasteiger partial charge >= 0.3 is 0 Å². The smallest absolute Gasteiger partial charge is 0.228 e. The van der Waals surface area contributed by atoms with E-state index >= 15 is 0 Å². The fourth-order valence-corrected chi connectivity index (χ4v) is 3.18. The van der Waals surface area contributed by atoms with Gasteiger partial charge in [-0.3, -0.25) is 4.79 Å². The number of nitrogens with one attached hydrogen (secondary N) is 1. The minimum absolute atomic E-state index is 0.00182. The SMILES string of the molecule is C[C@@H](NC(=O)C1(C)CCCC1N)c1cccs1. The van der Waals surface area contributed by atoms with Crippen molar-refractivity contribution in [1.82, 2.24) is 5.32 Å². The highest BCUT2D eigenvalue weighted by Gasteiger charge is 2.43. The van der Waals surface area contributed by atoms with E-state index in [9.17, 15) is 4.79 Å². The fraction of sp³-hybridized carbons (Fsp3) is 0.615. The lowest BCUT2D eigenvalue weighted by Gasteiger charge is -2.29. The van der Waals surface area contributed by atoms with Crippen molar-refractivity contribution < 1.29 is 4.79 Å². The zero-order valence-corrected chi connectivity index (χ0v) is 11.2. The Morgan fingerprint density at radius 3 is 3.00 bits per heavy atom. The van der Waals surface area contributed by atoms with Gasteiger partial charge in [0.2, 0.25) is 5.91 Å². The molecule has 1 aromatic rings. The number of amides is 1. The highest BCUT2D eigenvalue weighted by atomic mass is 32.1. The number of carbonyl (C=O) groups excluding carboxylic acids is 1. The van der Waals surface area contributed by atoms with Crippen molar-refractivity contribution >= 4 is 17.2 Å². The Hall–Kier alpha value is -0.870. The van der Waals surface area contributed by atoms with Gasteiger partial charge in [-0.25, -0.2) is 0 Å². The molecule has 2 rings (SSSR count). The summed E-state index contributed by atoms with van der Waals surface area (Å²) in [7, 11) is 0. The molecule has 1 aliphatic carbocycles. The number of carbonyl (C=O) groups is 1. The molecule has 3 nitrogen and oxygen atoms in total. The van der Waals surface area contributed by atoms with Crippen molar-refractivity contribution in [3.63, 3.8) is 0 Å². The summed E-state index contributed by atoms with van der Waals surface area (Å²) >= 11 is 1.67. The van der Waals surface area contributed by atoms with Gasteiger partial charge in [0.05, 0.1) is 11.5 Å². The summed E-state index contributed by atoms with van der Waals surface area (Å²) in [6.45, 7) is 4.01. The van der Waals surface area contributed by atoms with Crippen LogP contribution in [-0.4, -0.2) is 11.9 Å². The van der Waals surface area contributed by atoms with Crippen molar-refractivity contribution in [2.24, 2.45) is 11.1 Å². The summed E-state index contributed by atoms with van der Waals surface area (Å²) in [5.74, 6) is 0.100. The molecule has 0 radical (unpaired) electrons. The van der Waals surface area contributed by atoms with Crippen molar-refractivity contribution in [2.75, 3.05) is 0 Å². The normalized spacial score (nSPS) is 30.2. The van der Waals surface area contributed by atoms with E-state index in [0.717, 1.165) is 19.3 Å². The predicted octanol–water partition coefficient (Wildman–Crippen LogP) is 2.44. The Kier molecular flexibility index (Phi) is 3.54. The summed E-state index contributed by atoms with van der Waals surface area (Å²) in [6.07, 6.45) is 2.91. The van der Waals surface area contributed by atoms with Crippen LogP contribution < -0.4 is 11.1 Å². The second-order valence-corrected chi connectivity index (χ2v) is 6.11. The van der Waals surface area contributed by atoms with Crippen molar-refractivity contribution in [2.45, 2.75) is 45.2 Å². The second kappa shape index (κ2) is 4.78. The molecule has 0 aromatic carbocycles. The topological polar surface area (TPSA) is 55.1 Å². The van der Waals surface area contributed by atoms with Crippen LogP contribution in [0, 0.1) is 5.41 Å². The van der Waals surface area contributed by atoms with Crippen molar-refractivity contribution in [3.8, 4) is 0 Å². The first-order valence-corrected chi connectivity index (χ1v) is 7.02. The Bertz CT molecular complexity index is 390. The maximum absolute atomic E-state index is 12.3. The maximum atomic E-state index is 12.3. The van der Waals surface area contributed by atoms with Crippen LogP contribution in [-0.2, 0) is 4.79 Å². The first kappa shape index (κ1) is 12.6. The van der Waals surface area contributed by atoms with E-state index in [-0.39, 0.29) is 23.4 Å². The zero-order chi connectivity index (χ0) is 12.5. The Labute approximate surface area is 106 Å². The van der Waals surface area contributed by atoms with Crippen molar-refractivity contribution in [3.05, 3.63) is 22.4 Å². The van der Waals surface area contributed by atoms with Gasteiger partial charge in [-0.2, -0.15) is 0 Å². The van der Waals surface area contributed by atoms with Crippen LogP contribution in [0.3, 0.4) is 0 Å². The van der Waals surface area contributed by atoms with Gasteiger partial charge in [-0.15, -0.1) is 11.3 Å². The molecule has 1 heterocycles. The quantitative estimate of drug-likeness (QED) is 0.868. The van der Waals surface area contributed by atoms with Crippen LogP contribution in [0.15, 0.2) is 17.5 Å². The summed E-state index contributed by atoms with van der Waals surface area (Å²) < 4.78 is 0. The van der Waals surface area contributed by atoms with Crippen LogP contribution in [0.2, 0.25) is 0 Å². The van der Waals surface area contributed by atoms with E-state index in [1.807, 2.05) is 31.4 Å². The third-order valence-electron chi connectivity index (χ3n) is 3.87. The summed E-state index contributed by atoms with van der Waals surface area (Å²) in [5.41, 5.74) is 5.67. The molecular weight excluding hydrogens is 232 g/mol. The number of hydrogen-bond donors (Lipinski definition) is 2. The molecule has 1 aromatic heterocycles. The monoisotopic (exact) mass is 252 g/mol. The van der Waals surface area contributed by atoms with E-state index in [4.69, 9.17) is 5.73 Å². The average Bonchev–Trinajstić information content (AvgIpc) is 2.90. The van der Waals surface area contributed by atoms with Gasteiger partial charge < -0.3 is 11.1 Å². The Morgan fingerprint density at radius 1 is 1.71 bits per heavy atom. The average molecular weight is 252 g/mol. The van der Waals surface area contributed by atoms with Gasteiger partial charge in [-0.05, 0) is 38.1 Å². The number of nitrogens with two attached hydrogens (primary N) is 1. The van der Waals surface area contributed by atoms with Gasteiger partial charge in [0.15, 0.2) is 0 Å². The fourth-order valence-electron chi connectivity index (χ4n) is 2.45. The summed E-state index contributed by atoms with van der Waals surface area (Å²) in [5, 5.41) is 5.12. The molecule has 0 aliphatic heterocycles. The van der Waals surface area contributed by atoms with Crippen LogP contribution in [0.4, 0.5) is 0 Å². The molecule has 0 spiro atoms. The van der Waals surface area contributed by atoms with E-state index in [2.05, 4.69) is 5.32 Å². The number of thiophene rings is 1. The molecule has 3 atom stereocenters. The molecule has 2 unspecified atom stereocenters. The van der Waals surface area contributed by atoms with E-state index < -0.39 is 0 Å². The third-order valence-corrected chi connectivity index (χ3v) is 4.92. The highest BCUT2D eigenvalue weighted by Crippen LogP contribution is 2.37. The predicted molar refractivity (Wildman–Crippen MR) is 70.8 cm³/mol. The van der Waals surface area contributed by atoms with Gasteiger partial charge in [0.1, 0.15) is 0 Å². The third kappa shape index (κ3) is 2.38. The lowest BCUT2D eigenvalue weighted by atomic mass is 9.84. The number of hydrogen-bond acceptors (Lipinski definition) is 3. The van der Waals surface area contributed by atoms with Gasteiger partial charge in [0, 0.05) is 10.9 Å². The standard InChI is InChI=1S/C13H20N2OS/c1-9(10-5-4-8-17-10)15-12(16)13(2)7-3-6-11(13)14/h4-5,8-9,11H,3,6-7,14H2,1-2H3,(H,15,16)/t9-,11?,13?/m1/s1. The van der Waals surface area contributed by atoms with Crippen LogP contribution in [0.5, 0.6) is 0 Å². The van der Waals surface area contributed by atoms with Crippen LogP contribution in [0.1, 0.15) is 44.0 Å². The molecule has 0 saturated heterocycles. The lowest BCUT2D eigenvalue weighted by molar-refractivity contribution is -0.131. The van der Waals surface area contributed by atoms with Crippen molar-refractivity contribution in [1.29, 1.82) is 0 Å². The van der Waals surface area contributed by atoms with E-state index in [1.165, 1.54) is 4.88 Å². The molecule has 1 saturated carbocycles. The first-order chi connectivity index (χ1) is 8.04. The number of rotatable bonds is 3. The molecular formula is C13H20N2OS. The first-order valence-electron chi connectivity index (χ1n) is 6.14. The minimum atomic E-state index is -0.383. The molecule has 17 heavy (non-hydrogen) atoms. The molecule has 1 amide bonds. The maximum Gasteiger partial charge on any atom is 0.228 e. The molecule has 94 valence electrons. The lowest BCUT2D eigenvalue weighted by Crippen LogP contribution is -2.47. The summed E-state index contributed by atoms with van der Waals surface area (Å²) in [6, 6.07) is 4.13.